The van der Waals surface area contributed by atoms with Gasteiger partial charge < -0.3 is 10.0 Å². The van der Waals surface area contributed by atoms with E-state index in [4.69, 9.17) is 0 Å². The molecule has 16 heavy (non-hydrogen) atoms. The van der Waals surface area contributed by atoms with Crippen LogP contribution in [0.4, 0.5) is 5.13 Å². The number of aromatic nitrogens is 1. The first-order valence-corrected chi connectivity index (χ1v) is 7.67. The molecule has 0 radical (unpaired) electrons. The average Bonchev–Trinajstić information content (AvgIpc) is 2.72. The number of nitrogens with zero attached hydrogens (tertiary/aromatic N) is 2. The molecule has 0 amide bonds. The third-order valence-corrected chi connectivity index (χ3v) is 5.17. The summed E-state index contributed by atoms with van der Waals surface area (Å²) in [5.74, 6) is 2.36. The van der Waals surface area contributed by atoms with Crippen LogP contribution >= 0.6 is 23.1 Å². The van der Waals surface area contributed by atoms with Gasteiger partial charge in [-0.25, -0.2) is 4.98 Å². The maximum Gasteiger partial charge on any atom is 0.186 e. The van der Waals surface area contributed by atoms with Gasteiger partial charge in [0.05, 0.1) is 17.2 Å². The fourth-order valence-electron chi connectivity index (χ4n) is 1.90. The van der Waals surface area contributed by atoms with E-state index >= 15 is 0 Å². The summed E-state index contributed by atoms with van der Waals surface area (Å²) in [6.07, 6.45) is 0.906. The van der Waals surface area contributed by atoms with E-state index in [2.05, 4.69) is 23.7 Å². The second-order valence-corrected chi connectivity index (χ2v) is 6.21. The molecule has 1 aliphatic heterocycles. The molecule has 0 saturated carbocycles. The summed E-state index contributed by atoms with van der Waals surface area (Å²) in [5, 5.41) is 10.4. The first-order valence-electron chi connectivity index (χ1n) is 5.70. The van der Waals surface area contributed by atoms with Gasteiger partial charge in [-0.2, -0.15) is 11.8 Å². The number of thiazole rings is 1. The molecule has 1 fully saturated rings. The van der Waals surface area contributed by atoms with Crippen molar-refractivity contribution in [3.63, 3.8) is 0 Å². The number of aliphatic hydroxyl groups excluding tert-OH is 1. The summed E-state index contributed by atoms with van der Waals surface area (Å²) in [5.41, 5.74) is 1.06. The van der Waals surface area contributed by atoms with Crippen LogP contribution in [0.1, 0.15) is 24.4 Å². The lowest BCUT2D eigenvalue weighted by molar-refractivity contribution is 0.284. The monoisotopic (exact) mass is 258 g/mol. The van der Waals surface area contributed by atoms with Gasteiger partial charge in [0.15, 0.2) is 5.13 Å². The van der Waals surface area contributed by atoms with Gasteiger partial charge in [-0.1, -0.05) is 18.3 Å². The number of aliphatic hydroxyl groups is 1. The van der Waals surface area contributed by atoms with Crippen molar-refractivity contribution in [2.24, 2.45) is 0 Å². The van der Waals surface area contributed by atoms with Crippen molar-refractivity contribution < 1.29 is 5.11 Å². The van der Waals surface area contributed by atoms with E-state index in [1.807, 2.05) is 11.8 Å². The van der Waals surface area contributed by atoms with Gasteiger partial charge in [0.1, 0.15) is 0 Å². The first-order chi connectivity index (χ1) is 7.76. The van der Waals surface area contributed by atoms with Gasteiger partial charge in [-0.3, -0.25) is 0 Å². The Hall–Kier alpha value is -0.260. The zero-order chi connectivity index (χ0) is 11.5. The van der Waals surface area contributed by atoms with Crippen molar-refractivity contribution in [2.75, 3.05) is 23.0 Å². The Morgan fingerprint density at radius 2 is 2.38 bits per heavy atom. The molecule has 1 atom stereocenters. The predicted octanol–water partition coefficient (Wildman–Crippen LogP) is 2.14. The van der Waals surface area contributed by atoms with Gasteiger partial charge in [-0.15, -0.1) is 0 Å². The van der Waals surface area contributed by atoms with Crippen molar-refractivity contribution >= 4 is 28.2 Å². The molecule has 2 rings (SSSR count). The van der Waals surface area contributed by atoms with Crippen LogP contribution in [0, 0.1) is 0 Å². The summed E-state index contributed by atoms with van der Waals surface area (Å²) in [6, 6.07) is 0.557. The maximum atomic E-state index is 9.27. The molecule has 1 N–H and O–H groups in total. The Morgan fingerprint density at radius 1 is 1.56 bits per heavy atom. The van der Waals surface area contributed by atoms with E-state index in [9.17, 15) is 5.11 Å². The van der Waals surface area contributed by atoms with Gasteiger partial charge >= 0.3 is 0 Å². The highest BCUT2D eigenvalue weighted by molar-refractivity contribution is 7.99. The second-order valence-electron chi connectivity index (χ2n) is 4.00. The van der Waals surface area contributed by atoms with Crippen LogP contribution in [-0.4, -0.2) is 34.2 Å². The molecule has 0 aromatic carbocycles. The zero-order valence-corrected chi connectivity index (χ0v) is 11.4. The number of rotatable bonds is 3. The van der Waals surface area contributed by atoms with Crippen LogP contribution in [0.3, 0.4) is 0 Å². The molecule has 5 heteroatoms. The molecule has 90 valence electrons. The van der Waals surface area contributed by atoms with Crippen LogP contribution in [-0.2, 0) is 13.0 Å². The third kappa shape index (κ3) is 2.36. The van der Waals surface area contributed by atoms with Crippen molar-refractivity contribution in [1.82, 2.24) is 4.98 Å². The lowest BCUT2D eigenvalue weighted by Gasteiger charge is -2.32. The SMILES string of the molecule is CCc1nc(N2CCSCC2C)sc1CO. The maximum absolute atomic E-state index is 9.27. The van der Waals surface area contributed by atoms with Gasteiger partial charge in [0.25, 0.3) is 0 Å². The minimum atomic E-state index is 0.123. The van der Waals surface area contributed by atoms with Crippen molar-refractivity contribution in [2.45, 2.75) is 32.9 Å². The summed E-state index contributed by atoms with van der Waals surface area (Å²) >= 11 is 3.66. The molecule has 0 bridgehead atoms. The van der Waals surface area contributed by atoms with E-state index in [0.29, 0.717) is 6.04 Å². The minimum absolute atomic E-state index is 0.123. The molecule has 1 aliphatic rings. The van der Waals surface area contributed by atoms with Crippen LogP contribution in [0.25, 0.3) is 0 Å². The standard InChI is InChI=1S/C11H18N2OS2/c1-3-9-10(6-14)16-11(12-9)13-4-5-15-7-8(13)2/h8,14H,3-7H2,1-2H3. The highest BCUT2D eigenvalue weighted by Gasteiger charge is 2.22. The molecule has 1 unspecified atom stereocenters. The van der Waals surface area contributed by atoms with Crippen molar-refractivity contribution in [3.8, 4) is 0 Å². The van der Waals surface area contributed by atoms with E-state index in [1.165, 1.54) is 11.5 Å². The van der Waals surface area contributed by atoms with Crippen LogP contribution in [0.5, 0.6) is 0 Å². The Labute approximate surface area is 105 Å². The van der Waals surface area contributed by atoms with E-state index in [-0.39, 0.29) is 6.61 Å². The molecular formula is C11H18N2OS2. The quantitative estimate of drug-likeness (QED) is 0.901. The van der Waals surface area contributed by atoms with Crippen molar-refractivity contribution in [1.29, 1.82) is 0 Å². The van der Waals surface area contributed by atoms with Crippen molar-refractivity contribution in [3.05, 3.63) is 10.6 Å². The van der Waals surface area contributed by atoms with E-state index < -0.39 is 0 Å². The predicted molar refractivity (Wildman–Crippen MR) is 71.5 cm³/mol. The Balaban J connectivity index is 2.22. The second kappa shape index (κ2) is 5.38. The van der Waals surface area contributed by atoms with Gasteiger partial charge in [0, 0.05) is 24.1 Å². The van der Waals surface area contributed by atoms with E-state index in [1.54, 1.807) is 11.3 Å². The molecule has 1 aromatic heterocycles. The molecule has 0 aliphatic carbocycles. The lowest BCUT2D eigenvalue weighted by atomic mass is 10.3. The zero-order valence-electron chi connectivity index (χ0n) is 9.77. The number of hydrogen-bond donors (Lipinski definition) is 1. The Bertz CT molecular complexity index is 332. The number of thioether (sulfide) groups is 1. The summed E-state index contributed by atoms with van der Waals surface area (Å²) in [7, 11) is 0. The number of hydrogen-bond acceptors (Lipinski definition) is 5. The topological polar surface area (TPSA) is 36.4 Å². The van der Waals surface area contributed by atoms with Crippen LogP contribution in [0.15, 0.2) is 0 Å². The smallest absolute Gasteiger partial charge is 0.186 e. The number of aryl methyl sites for hydroxylation is 1. The molecule has 2 heterocycles. The number of anilines is 1. The van der Waals surface area contributed by atoms with E-state index in [0.717, 1.165) is 28.7 Å². The normalized spacial score (nSPS) is 21.4. The highest BCUT2D eigenvalue weighted by atomic mass is 32.2. The lowest BCUT2D eigenvalue weighted by Crippen LogP contribution is -2.40. The Kier molecular flexibility index (Phi) is 4.10. The van der Waals surface area contributed by atoms with Crippen LogP contribution < -0.4 is 4.90 Å². The highest BCUT2D eigenvalue weighted by Crippen LogP contribution is 2.30. The fourth-order valence-corrected chi connectivity index (χ4v) is 4.05. The van der Waals surface area contributed by atoms with Gasteiger partial charge in [0.2, 0.25) is 0 Å². The molecular weight excluding hydrogens is 240 g/mol. The Morgan fingerprint density at radius 3 is 2.94 bits per heavy atom. The third-order valence-electron chi connectivity index (χ3n) is 2.86. The largest absolute Gasteiger partial charge is 0.391 e. The summed E-state index contributed by atoms with van der Waals surface area (Å²) < 4.78 is 0. The first kappa shape index (κ1) is 12.2. The summed E-state index contributed by atoms with van der Waals surface area (Å²) in [6.45, 7) is 5.54. The minimum Gasteiger partial charge on any atom is -0.391 e. The van der Waals surface area contributed by atoms with Gasteiger partial charge in [-0.05, 0) is 13.3 Å². The molecule has 3 nitrogen and oxygen atoms in total. The summed E-state index contributed by atoms with van der Waals surface area (Å²) in [4.78, 5) is 8.05. The van der Waals surface area contributed by atoms with Crippen LogP contribution in [0.2, 0.25) is 0 Å². The average molecular weight is 258 g/mol. The fraction of sp³-hybridized carbons (Fsp3) is 0.727. The molecule has 1 aromatic rings. The molecule has 1 saturated heterocycles. The molecule has 0 spiro atoms.